The first-order valence-corrected chi connectivity index (χ1v) is 11.2. The van der Waals surface area contributed by atoms with Crippen LogP contribution in [0.2, 0.25) is 0 Å². The van der Waals surface area contributed by atoms with Crippen LogP contribution in [-0.4, -0.2) is 35.5 Å². The molecule has 2 N–H and O–H groups in total. The van der Waals surface area contributed by atoms with Gasteiger partial charge in [0, 0.05) is 36.1 Å². The van der Waals surface area contributed by atoms with E-state index in [9.17, 15) is 46.0 Å². The fourth-order valence-corrected chi connectivity index (χ4v) is 3.69. The molecule has 0 saturated heterocycles. The summed E-state index contributed by atoms with van der Waals surface area (Å²) in [6.07, 6.45) is -6.95. The lowest BCUT2D eigenvalue weighted by Crippen LogP contribution is -2.44. The number of alkyl halides is 6. The summed E-state index contributed by atoms with van der Waals surface area (Å²) in [6.45, 7) is 2.08. The Morgan fingerprint density at radius 1 is 1.11 bits per heavy atom. The molecular weight excluding hydrogens is 522 g/mol. The topological polar surface area (TPSA) is 105 Å². The number of anilines is 2. The first kappa shape index (κ1) is 28.5. The number of halogens is 6. The lowest BCUT2D eigenvalue weighted by Gasteiger charge is -2.29. The second-order valence-electron chi connectivity index (χ2n) is 8.67. The molecule has 3 atom stereocenters. The molecule has 2 aromatic rings. The predicted octanol–water partition coefficient (Wildman–Crippen LogP) is 5.37. The summed E-state index contributed by atoms with van der Waals surface area (Å²) >= 11 is 0. The minimum atomic E-state index is -4.85. The maximum atomic E-state index is 13.2. The number of hydrogen-bond donors (Lipinski definition) is 2. The Kier molecular flexibility index (Phi) is 8.03. The van der Waals surface area contributed by atoms with Crippen LogP contribution in [-0.2, 0) is 15.8 Å². The molecule has 0 bridgehead atoms. The lowest BCUT2D eigenvalue weighted by atomic mass is 10.00. The molecule has 0 spiro atoms. The van der Waals surface area contributed by atoms with Crippen LogP contribution >= 0.6 is 0 Å². The molecule has 2 amide bonds. The monoisotopic (exact) mass is 544 g/mol. The minimum Gasteiger partial charge on any atom is -0.374 e. The van der Waals surface area contributed by atoms with Gasteiger partial charge in [-0.15, -0.1) is 0 Å². The highest BCUT2D eigenvalue weighted by atomic mass is 19.4. The van der Waals surface area contributed by atoms with Gasteiger partial charge < -0.3 is 15.5 Å². The van der Waals surface area contributed by atoms with Crippen LogP contribution in [0.5, 0.6) is 0 Å². The van der Waals surface area contributed by atoms with Crippen LogP contribution in [0.15, 0.2) is 54.6 Å². The number of nitro groups is 1. The molecule has 1 aliphatic heterocycles. The number of carbonyl (C=O) groups is 2. The zero-order valence-electron chi connectivity index (χ0n) is 19.9. The van der Waals surface area contributed by atoms with E-state index < -0.39 is 58.3 Å². The quantitative estimate of drug-likeness (QED) is 0.277. The highest BCUT2D eigenvalue weighted by molar-refractivity contribution is 6.04. The van der Waals surface area contributed by atoms with Crippen molar-refractivity contribution in [2.75, 3.05) is 16.8 Å². The summed E-state index contributed by atoms with van der Waals surface area (Å²) in [7, 11) is 0. The predicted molar refractivity (Wildman–Crippen MR) is 125 cm³/mol. The summed E-state index contributed by atoms with van der Waals surface area (Å²) in [4.78, 5) is 36.7. The smallest absolute Gasteiger partial charge is 0.374 e. The molecule has 0 aliphatic carbocycles. The summed E-state index contributed by atoms with van der Waals surface area (Å²) < 4.78 is 78.3. The molecule has 0 saturated carbocycles. The summed E-state index contributed by atoms with van der Waals surface area (Å²) in [5, 5.41) is 15.9. The Balaban J connectivity index is 1.77. The van der Waals surface area contributed by atoms with Crippen molar-refractivity contribution in [1.29, 1.82) is 0 Å². The fourth-order valence-electron chi connectivity index (χ4n) is 3.69. The number of benzene rings is 2. The van der Waals surface area contributed by atoms with Crippen LogP contribution in [0, 0.1) is 16.0 Å². The van der Waals surface area contributed by atoms with Gasteiger partial charge in [0.15, 0.2) is 0 Å². The normalized spacial score (nSPS) is 17.6. The van der Waals surface area contributed by atoms with Gasteiger partial charge in [0.1, 0.15) is 6.04 Å². The number of carbonyl (C=O) groups excluding carboxylic acids is 2. The molecule has 1 aliphatic rings. The number of rotatable bonds is 7. The molecule has 0 aromatic heterocycles. The molecule has 0 fully saturated rings. The second-order valence-corrected chi connectivity index (χ2v) is 8.67. The summed E-state index contributed by atoms with van der Waals surface area (Å²) in [6, 6.07) is 4.71. The number of non-ortho nitro benzene ring substituents is 1. The summed E-state index contributed by atoms with van der Waals surface area (Å²) in [5.41, 5.74) is -1.87. The molecular formula is C24H22F6N4O4. The number of hydrogen-bond acceptors (Lipinski definition) is 5. The molecule has 8 nitrogen and oxygen atoms in total. The molecule has 0 radical (unpaired) electrons. The number of nitrogens with zero attached hydrogens (tertiary/aromatic N) is 2. The van der Waals surface area contributed by atoms with E-state index in [2.05, 4.69) is 10.6 Å². The first-order valence-electron chi connectivity index (χ1n) is 11.2. The molecule has 2 aromatic carbocycles. The molecule has 38 heavy (non-hydrogen) atoms. The number of amides is 2. The average molecular weight is 544 g/mol. The van der Waals surface area contributed by atoms with Crippen molar-refractivity contribution in [3.05, 3.63) is 75.9 Å². The van der Waals surface area contributed by atoms with E-state index in [0.29, 0.717) is 12.1 Å². The van der Waals surface area contributed by atoms with Gasteiger partial charge in [-0.2, -0.15) is 26.3 Å². The van der Waals surface area contributed by atoms with Gasteiger partial charge >= 0.3 is 12.4 Å². The fraction of sp³-hybridized carbons (Fsp3) is 0.333. The van der Waals surface area contributed by atoms with Crippen LogP contribution in [0.4, 0.5) is 43.4 Å². The first-order chi connectivity index (χ1) is 17.6. The van der Waals surface area contributed by atoms with Gasteiger partial charge in [-0.05, 0) is 43.7 Å². The highest BCUT2D eigenvalue weighted by Gasteiger charge is 2.36. The van der Waals surface area contributed by atoms with Crippen molar-refractivity contribution >= 4 is 28.9 Å². The van der Waals surface area contributed by atoms with Crippen LogP contribution < -0.4 is 15.5 Å². The van der Waals surface area contributed by atoms with Gasteiger partial charge in [0.25, 0.3) is 11.6 Å². The van der Waals surface area contributed by atoms with E-state index in [1.807, 2.05) is 0 Å². The SMILES string of the molecule is CC(Nc1cccc(N2CC(C(=O)N[C@H](C)c3cc([N+](=O)[O-])cc(C(F)(F)F)c3)C=CC2=O)c1)C(F)(F)F. The number of nitrogens with one attached hydrogen (secondary N) is 2. The zero-order valence-corrected chi connectivity index (χ0v) is 19.9. The van der Waals surface area contributed by atoms with E-state index in [4.69, 9.17) is 0 Å². The number of nitro benzene ring substituents is 1. The lowest BCUT2D eigenvalue weighted by molar-refractivity contribution is -0.385. The minimum absolute atomic E-state index is 0.0930. The Hall–Kier alpha value is -4.10. The van der Waals surface area contributed by atoms with Gasteiger partial charge in [-0.1, -0.05) is 12.1 Å². The molecule has 14 heteroatoms. The average Bonchev–Trinajstić information content (AvgIpc) is 2.83. The van der Waals surface area contributed by atoms with Crippen LogP contribution in [0.1, 0.15) is 31.0 Å². The Labute approximate surface area is 212 Å². The zero-order chi connectivity index (χ0) is 28.4. The van der Waals surface area contributed by atoms with Gasteiger partial charge in [0.05, 0.1) is 22.4 Å². The van der Waals surface area contributed by atoms with Gasteiger partial charge in [-0.3, -0.25) is 19.7 Å². The third-order valence-corrected chi connectivity index (χ3v) is 5.82. The molecule has 3 rings (SSSR count). The van der Waals surface area contributed by atoms with E-state index in [1.54, 1.807) is 0 Å². The maximum Gasteiger partial charge on any atom is 0.416 e. The van der Waals surface area contributed by atoms with E-state index in [0.717, 1.165) is 19.1 Å². The van der Waals surface area contributed by atoms with Crippen molar-refractivity contribution < 1.29 is 40.9 Å². The van der Waals surface area contributed by atoms with E-state index >= 15 is 0 Å². The highest BCUT2D eigenvalue weighted by Crippen LogP contribution is 2.34. The largest absolute Gasteiger partial charge is 0.416 e. The van der Waals surface area contributed by atoms with Crippen molar-refractivity contribution in [2.45, 2.75) is 38.3 Å². The van der Waals surface area contributed by atoms with Crippen molar-refractivity contribution in [3.8, 4) is 0 Å². The van der Waals surface area contributed by atoms with Crippen molar-refractivity contribution in [3.63, 3.8) is 0 Å². The molecule has 204 valence electrons. The van der Waals surface area contributed by atoms with Gasteiger partial charge in [0.2, 0.25) is 5.91 Å². The molecule has 2 unspecified atom stereocenters. The van der Waals surface area contributed by atoms with Crippen LogP contribution in [0.3, 0.4) is 0 Å². The molecule has 1 heterocycles. The Morgan fingerprint density at radius 3 is 2.39 bits per heavy atom. The van der Waals surface area contributed by atoms with Gasteiger partial charge in [-0.25, -0.2) is 0 Å². The standard InChI is InChI=1S/C24H22F6N4O4/c1-13(16-8-17(24(28,29)30)10-20(9-16)34(37)38)31-22(36)15-6-7-21(35)33(12-15)19-5-3-4-18(11-19)32-14(2)23(25,26)27/h3-11,13-15,32H,12H2,1-2H3,(H,31,36)/t13-,14?,15?/m1/s1. The van der Waals surface area contributed by atoms with Crippen molar-refractivity contribution in [1.82, 2.24) is 5.32 Å². The second kappa shape index (κ2) is 10.7. The van der Waals surface area contributed by atoms with Crippen molar-refractivity contribution in [2.24, 2.45) is 5.92 Å². The summed E-state index contributed by atoms with van der Waals surface area (Å²) in [5.74, 6) is -2.16. The third kappa shape index (κ3) is 6.81. The maximum absolute atomic E-state index is 13.2. The van der Waals surface area contributed by atoms with Crippen LogP contribution in [0.25, 0.3) is 0 Å². The van der Waals surface area contributed by atoms with E-state index in [1.165, 1.54) is 42.2 Å². The third-order valence-electron chi connectivity index (χ3n) is 5.82. The Morgan fingerprint density at radius 2 is 1.79 bits per heavy atom. The Bertz CT molecular complexity index is 1260. The van der Waals surface area contributed by atoms with E-state index in [-0.39, 0.29) is 23.5 Å².